The quantitative estimate of drug-likeness (QED) is 0.816. The molecule has 3 rings (SSSR count). The van der Waals surface area contributed by atoms with E-state index in [1.54, 1.807) is 0 Å². The Morgan fingerprint density at radius 3 is 2.95 bits per heavy atom. The van der Waals surface area contributed by atoms with Crippen LogP contribution in [0.5, 0.6) is 0 Å². The second-order valence-corrected chi connectivity index (χ2v) is 6.74. The summed E-state index contributed by atoms with van der Waals surface area (Å²) in [7, 11) is 0. The van der Waals surface area contributed by atoms with Crippen LogP contribution in [-0.2, 0) is 6.42 Å². The van der Waals surface area contributed by atoms with Crippen LogP contribution >= 0.6 is 0 Å². The van der Waals surface area contributed by atoms with E-state index < -0.39 is 0 Å². The Morgan fingerprint density at radius 2 is 2.24 bits per heavy atom. The molecule has 0 radical (unpaired) electrons. The summed E-state index contributed by atoms with van der Waals surface area (Å²) in [6.07, 6.45) is 3.34. The van der Waals surface area contributed by atoms with Crippen LogP contribution in [0.1, 0.15) is 61.0 Å². The lowest BCUT2D eigenvalue weighted by molar-refractivity contribution is 0.0938. The van der Waals surface area contributed by atoms with E-state index in [0.29, 0.717) is 12.0 Å². The third-order valence-corrected chi connectivity index (χ3v) is 4.80. The van der Waals surface area contributed by atoms with Crippen molar-refractivity contribution in [1.29, 1.82) is 0 Å². The lowest BCUT2D eigenvalue weighted by Gasteiger charge is -2.30. The van der Waals surface area contributed by atoms with Gasteiger partial charge in [0.05, 0.1) is 0 Å². The molecule has 0 spiro atoms. The number of ketones is 1. The van der Waals surface area contributed by atoms with Crippen LogP contribution in [0, 0.1) is 5.92 Å². The van der Waals surface area contributed by atoms with Gasteiger partial charge in [-0.3, -0.25) is 4.79 Å². The fourth-order valence-electron chi connectivity index (χ4n) is 3.76. The molecule has 0 saturated carbocycles. The Morgan fingerprint density at radius 1 is 1.43 bits per heavy atom. The smallest absolute Gasteiger partial charge is 0.165 e. The van der Waals surface area contributed by atoms with Crippen molar-refractivity contribution in [1.82, 2.24) is 5.32 Å². The first kappa shape index (κ1) is 14.6. The van der Waals surface area contributed by atoms with E-state index in [4.69, 9.17) is 0 Å². The van der Waals surface area contributed by atoms with Gasteiger partial charge in [-0.1, -0.05) is 20.8 Å². The molecule has 1 heterocycles. The van der Waals surface area contributed by atoms with Gasteiger partial charge in [0.1, 0.15) is 0 Å². The molecule has 0 fully saturated rings. The Bertz CT molecular complexity index is 550. The molecule has 0 saturated heterocycles. The van der Waals surface area contributed by atoms with Gasteiger partial charge in [0.2, 0.25) is 0 Å². The van der Waals surface area contributed by atoms with Gasteiger partial charge >= 0.3 is 0 Å². The highest BCUT2D eigenvalue weighted by Crippen LogP contribution is 2.43. The minimum absolute atomic E-state index is 0.0658. The summed E-state index contributed by atoms with van der Waals surface area (Å²) in [6, 6.07) is 4.65. The summed E-state index contributed by atoms with van der Waals surface area (Å²) in [6.45, 7) is 8.27. The van der Waals surface area contributed by atoms with Crippen molar-refractivity contribution in [2.24, 2.45) is 5.92 Å². The van der Waals surface area contributed by atoms with Crippen LogP contribution < -0.4 is 10.6 Å². The zero-order chi connectivity index (χ0) is 15.0. The highest BCUT2D eigenvalue weighted by atomic mass is 16.1. The lowest BCUT2D eigenvalue weighted by atomic mass is 9.77. The average molecular weight is 286 g/mol. The first-order valence-electron chi connectivity index (χ1n) is 8.29. The first-order chi connectivity index (χ1) is 10.1. The Kier molecular flexibility index (Phi) is 4.03. The van der Waals surface area contributed by atoms with Crippen LogP contribution in [0.25, 0.3) is 0 Å². The predicted molar refractivity (Wildman–Crippen MR) is 87.2 cm³/mol. The molecule has 3 heteroatoms. The molecule has 0 aromatic heterocycles. The molecule has 3 nitrogen and oxygen atoms in total. The van der Waals surface area contributed by atoms with Crippen LogP contribution in [0.2, 0.25) is 0 Å². The number of Topliss-reactive ketones (excluding diaryl/α,β-unsaturated/α-hetero) is 1. The molecule has 21 heavy (non-hydrogen) atoms. The SMILES string of the molecule is CCCNC1Cc2c(C(=O)C(C)C)ccc3c2C(CN3)C1. The minimum Gasteiger partial charge on any atom is -0.384 e. The van der Waals surface area contributed by atoms with Gasteiger partial charge in [-0.25, -0.2) is 0 Å². The second-order valence-electron chi connectivity index (χ2n) is 6.74. The van der Waals surface area contributed by atoms with E-state index >= 15 is 0 Å². The van der Waals surface area contributed by atoms with Crippen molar-refractivity contribution in [2.45, 2.75) is 52.0 Å². The van der Waals surface area contributed by atoms with Gasteiger partial charge in [0.15, 0.2) is 5.78 Å². The van der Waals surface area contributed by atoms with E-state index in [1.165, 1.54) is 23.2 Å². The number of carbonyl (C=O) groups is 1. The van der Waals surface area contributed by atoms with Crippen molar-refractivity contribution in [3.05, 3.63) is 28.8 Å². The molecule has 0 amide bonds. The van der Waals surface area contributed by atoms with E-state index in [1.807, 2.05) is 19.9 Å². The third kappa shape index (κ3) is 2.59. The Labute approximate surface area is 127 Å². The highest BCUT2D eigenvalue weighted by molar-refractivity contribution is 6.00. The number of carbonyl (C=O) groups excluding carboxylic acids is 1. The molecular formula is C18H26N2O. The Hall–Kier alpha value is -1.35. The third-order valence-electron chi connectivity index (χ3n) is 4.80. The molecule has 114 valence electrons. The summed E-state index contributed by atoms with van der Waals surface area (Å²) in [5.41, 5.74) is 4.95. The lowest BCUT2D eigenvalue weighted by Crippen LogP contribution is -2.37. The summed E-state index contributed by atoms with van der Waals surface area (Å²) < 4.78 is 0. The summed E-state index contributed by atoms with van der Waals surface area (Å²) in [5.74, 6) is 0.920. The standard InChI is InChI=1S/C18H26N2O/c1-4-7-19-13-8-12-10-20-16-6-5-14(18(21)11(2)3)15(9-13)17(12)16/h5-6,11-13,19-20H,4,7-10H2,1-3H3. The maximum absolute atomic E-state index is 12.5. The summed E-state index contributed by atoms with van der Waals surface area (Å²) >= 11 is 0. The van der Waals surface area contributed by atoms with Gasteiger partial charge in [-0.15, -0.1) is 0 Å². The van der Waals surface area contributed by atoms with Gasteiger partial charge in [0, 0.05) is 35.7 Å². The van der Waals surface area contributed by atoms with Crippen molar-refractivity contribution >= 4 is 11.5 Å². The molecule has 1 aromatic carbocycles. The van der Waals surface area contributed by atoms with E-state index in [2.05, 4.69) is 23.6 Å². The molecule has 1 aliphatic heterocycles. The van der Waals surface area contributed by atoms with Gasteiger partial charge in [-0.2, -0.15) is 0 Å². The van der Waals surface area contributed by atoms with Crippen molar-refractivity contribution in [2.75, 3.05) is 18.4 Å². The number of rotatable bonds is 5. The molecule has 2 N–H and O–H groups in total. The molecule has 2 aliphatic rings. The average Bonchev–Trinajstić information content (AvgIpc) is 2.89. The zero-order valence-electron chi connectivity index (χ0n) is 13.3. The monoisotopic (exact) mass is 286 g/mol. The van der Waals surface area contributed by atoms with E-state index in [-0.39, 0.29) is 11.7 Å². The van der Waals surface area contributed by atoms with Gasteiger partial charge < -0.3 is 10.6 Å². The number of hydrogen-bond donors (Lipinski definition) is 2. The molecule has 2 unspecified atom stereocenters. The number of hydrogen-bond acceptors (Lipinski definition) is 3. The van der Waals surface area contributed by atoms with Crippen molar-refractivity contribution in [3.8, 4) is 0 Å². The molecule has 2 atom stereocenters. The predicted octanol–water partition coefficient (Wildman–Crippen LogP) is 3.35. The second kappa shape index (κ2) is 5.80. The fraction of sp³-hybridized carbons (Fsp3) is 0.611. The molecular weight excluding hydrogens is 260 g/mol. The highest BCUT2D eigenvalue weighted by Gasteiger charge is 2.35. The maximum atomic E-state index is 12.5. The van der Waals surface area contributed by atoms with Gasteiger partial charge in [-0.05, 0) is 49.1 Å². The zero-order valence-corrected chi connectivity index (χ0v) is 13.3. The first-order valence-corrected chi connectivity index (χ1v) is 8.29. The maximum Gasteiger partial charge on any atom is 0.165 e. The molecule has 0 bridgehead atoms. The summed E-state index contributed by atoms with van der Waals surface area (Å²) in [4.78, 5) is 12.5. The van der Waals surface area contributed by atoms with Gasteiger partial charge in [0.25, 0.3) is 0 Å². The molecule has 1 aromatic rings. The van der Waals surface area contributed by atoms with Crippen molar-refractivity contribution < 1.29 is 4.79 Å². The van der Waals surface area contributed by atoms with Crippen molar-refractivity contribution in [3.63, 3.8) is 0 Å². The largest absolute Gasteiger partial charge is 0.384 e. The number of nitrogens with one attached hydrogen (secondary N) is 2. The molecule has 1 aliphatic carbocycles. The summed E-state index contributed by atoms with van der Waals surface area (Å²) in [5, 5.41) is 7.17. The van der Waals surface area contributed by atoms with E-state index in [0.717, 1.165) is 31.5 Å². The Balaban J connectivity index is 1.97. The number of benzene rings is 1. The van der Waals surface area contributed by atoms with E-state index in [9.17, 15) is 4.79 Å². The minimum atomic E-state index is 0.0658. The van der Waals surface area contributed by atoms with Crippen LogP contribution in [0.15, 0.2) is 12.1 Å². The van der Waals surface area contributed by atoms with Crippen LogP contribution in [0.3, 0.4) is 0 Å². The van der Waals surface area contributed by atoms with Crippen LogP contribution in [-0.4, -0.2) is 24.9 Å². The number of anilines is 1. The fourth-order valence-corrected chi connectivity index (χ4v) is 3.76. The topological polar surface area (TPSA) is 41.1 Å². The normalized spacial score (nSPS) is 23.0. The van der Waals surface area contributed by atoms with Crippen LogP contribution in [0.4, 0.5) is 5.69 Å².